The van der Waals surface area contributed by atoms with E-state index in [9.17, 15) is 4.79 Å². The fourth-order valence-electron chi connectivity index (χ4n) is 2.85. The van der Waals surface area contributed by atoms with E-state index in [2.05, 4.69) is 18.8 Å². The number of carbonyl (C=O) groups excluding carboxylic acids is 1. The SMILES string of the molecule is CCCCC(CC)CN1CC(=O)C(c2nc(C)cs2)C1=N. The minimum Gasteiger partial charge on any atom is -0.352 e. The van der Waals surface area contributed by atoms with Crippen LogP contribution in [0.3, 0.4) is 0 Å². The van der Waals surface area contributed by atoms with Crippen LogP contribution in [0.2, 0.25) is 0 Å². The van der Waals surface area contributed by atoms with Gasteiger partial charge in [-0.25, -0.2) is 4.98 Å². The first-order chi connectivity index (χ1) is 10.1. The second kappa shape index (κ2) is 7.16. The Morgan fingerprint density at radius 1 is 1.52 bits per heavy atom. The lowest BCUT2D eigenvalue weighted by atomic mass is 9.99. The fourth-order valence-corrected chi connectivity index (χ4v) is 3.77. The van der Waals surface area contributed by atoms with E-state index >= 15 is 0 Å². The molecule has 0 aliphatic carbocycles. The second-order valence-electron chi connectivity index (χ2n) is 5.91. The number of unbranched alkanes of at least 4 members (excludes halogenated alkanes) is 1. The Labute approximate surface area is 131 Å². The van der Waals surface area contributed by atoms with Gasteiger partial charge in [0.1, 0.15) is 16.8 Å². The van der Waals surface area contributed by atoms with Crippen LogP contribution in [0.15, 0.2) is 5.38 Å². The molecule has 1 N–H and O–H groups in total. The molecule has 0 amide bonds. The van der Waals surface area contributed by atoms with E-state index < -0.39 is 5.92 Å². The number of Topliss-reactive ketones (excluding diaryl/α,β-unsaturated/α-hetero) is 1. The predicted octanol–water partition coefficient (Wildman–Crippen LogP) is 3.61. The van der Waals surface area contributed by atoms with Crippen LogP contribution in [-0.4, -0.2) is 34.6 Å². The number of ketones is 1. The monoisotopic (exact) mass is 307 g/mol. The van der Waals surface area contributed by atoms with Gasteiger partial charge in [-0.2, -0.15) is 0 Å². The molecule has 5 heteroatoms. The zero-order valence-corrected chi connectivity index (χ0v) is 14.0. The number of likely N-dealkylation sites (tertiary alicyclic amines) is 1. The van der Waals surface area contributed by atoms with E-state index in [1.165, 1.54) is 30.6 Å². The molecule has 2 atom stereocenters. The second-order valence-corrected chi connectivity index (χ2v) is 6.80. The van der Waals surface area contributed by atoms with Crippen LogP contribution in [0.1, 0.15) is 56.2 Å². The van der Waals surface area contributed by atoms with Crippen LogP contribution in [0.25, 0.3) is 0 Å². The molecule has 2 unspecified atom stereocenters. The van der Waals surface area contributed by atoms with Crippen molar-refractivity contribution in [2.45, 2.75) is 52.4 Å². The van der Waals surface area contributed by atoms with Gasteiger partial charge in [-0.15, -0.1) is 11.3 Å². The summed E-state index contributed by atoms with van der Waals surface area (Å²) in [7, 11) is 0. The van der Waals surface area contributed by atoms with Crippen molar-refractivity contribution in [3.8, 4) is 0 Å². The van der Waals surface area contributed by atoms with Gasteiger partial charge in [0, 0.05) is 17.6 Å². The van der Waals surface area contributed by atoms with Crippen LogP contribution in [-0.2, 0) is 4.79 Å². The van der Waals surface area contributed by atoms with Crippen LogP contribution in [0, 0.1) is 18.3 Å². The van der Waals surface area contributed by atoms with Gasteiger partial charge in [0.25, 0.3) is 0 Å². The number of carbonyl (C=O) groups is 1. The number of rotatable bonds is 7. The third-order valence-electron chi connectivity index (χ3n) is 4.19. The van der Waals surface area contributed by atoms with Crippen molar-refractivity contribution < 1.29 is 4.79 Å². The van der Waals surface area contributed by atoms with Crippen molar-refractivity contribution >= 4 is 23.0 Å². The van der Waals surface area contributed by atoms with Crippen molar-refractivity contribution in [3.63, 3.8) is 0 Å². The van der Waals surface area contributed by atoms with Crippen molar-refractivity contribution in [2.24, 2.45) is 5.92 Å². The lowest BCUT2D eigenvalue weighted by Crippen LogP contribution is -2.31. The van der Waals surface area contributed by atoms with Gasteiger partial charge in [0.15, 0.2) is 5.78 Å². The smallest absolute Gasteiger partial charge is 0.169 e. The number of amidine groups is 1. The molecular formula is C16H25N3OS. The van der Waals surface area contributed by atoms with Crippen molar-refractivity contribution in [3.05, 3.63) is 16.1 Å². The molecule has 0 aromatic carbocycles. The molecule has 0 spiro atoms. The summed E-state index contributed by atoms with van der Waals surface area (Å²) in [6, 6.07) is 0. The van der Waals surface area contributed by atoms with Gasteiger partial charge in [-0.3, -0.25) is 10.2 Å². The van der Waals surface area contributed by atoms with Crippen LogP contribution in [0.4, 0.5) is 0 Å². The molecule has 1 aromatic rings. The summed E-state index contributed by atoms with van der Waals surface area (Å²) in [5.41, 5.74) is 0.934. The topological polar surface area (TPSA) is 57.1 Å². The van der Waals surface area contributed by atoms with E-state index in [-0.39, 0.29) is 5.78 Å². The average Bonchev–Trinajstić information content (AvgIpc) is 2.98. The standard InChI is InChI=1S/C16H25N3OS/c1-4-6-7-12(5-2)8-19-9-13(20)14(15(19)17)16-18-11(3)10-21-16/h10,12,14,17H,4-9H2,1-3H3. The number of hydrogen-bond donors (Lipinski definition) is 1. The largest absolute Gasteiger partial charge is 0.352 e. The van der Waals surface area contributed by atoms with Gasteiger partial charge in [0.05, 0.1) is 6.54 Å². The number of hydrogen-bond acceptors (Lipinski definition) is 4. The van der Waals surface area contributed by atoms with Gasteiger partial charge in [-0.05, 0) is 19.3 Å². The molecule has 4 nitrogen and oxygen atoms in total. The zero-order chi connectivity index (χ0) is 15.4. The first-order valence-electron chi connectivity index (χ1n) is 7.84. The van der Waals surface area contributed by atoms with E-state index in [0.717, 1.165) is 23.7 Å². The van der Waals surface area contributed by atoms with E-state index in [1.54, 1.807) is 0 Å². The van der Waals surface area contributed by atoms with Gasteiger partial charge in [0.2, 0.25) is 0 Å². The highest BCUT2D eigenvalue weighted by Crippen LogP contribution is 2.29. The summed E-state index contributed by atoms with van der Waals surface area (Å²) in [5.74, 6) is 0.728. The Kier molecular flexibility index (Phi) is 5.51. The molecule has 1 saturated heterocycles. The molecule has 0 radical (unpaired) electrons. The molecule has 1 aliphatic rings. The molecule has 21 heavy (non-hydrogen) atoms. The molecule has 1 aliphatic heterocycles. The molecule has 116 valence electrons. The number of thiazole rings is 1. The maximum absolute atomic E-state index is 12.3. The van der Waals surface area contributed by atoms with Gasteiger partial charge >= 0.3 is 0 Å². The van der Waals surface area contributed by atoms with Crippen LogP contribution in [0.5, 0.6) is 0 Å². The number of nitrogens with zero attached hydrogens (tertiary/aromatic N) is 2. The Hall–Kier alpha value is -1.23. The van der Waals surface area contributed by atoms with Crippen molar-refractivity contribution in [1.29, 1.82) is 5.41 Å². The summed E-state index contributed by atoms with van der Waals surface area (Å²) < 4.78 is 0. The minimum absolute atomic E-state index is 0.125. The summed E-state index contributed by atoms with van der Waals surface area (Å²) >= 11 is 1.50. The highest BCUT2D eigenvalue weighted by molar-refractivity contribution is 7.10. The highest BCUT2D eigenvalue weighted by Gasteiger charge is 2.39. The fraction of sp³-hybridized carbons (Fsp3) is 0.688. The Balaban J connectivity index is 2.03. The number of aromatic nitrogens is 1. The maximum Gasteiger partial charge on any atom is 0.169 e. The third kappa shape index (κ3) is 3.70. The normalized spacial score (nSPS) is 20.3. The summed E-state index contributed by atoms with van der Waals surface area (Å²) in [5, 5.41) is 11.1. The van der Waals surface area contributed by atoms with Gasteiger partial charge < -0.3 is 4.90 Å². The summed E-state index contributed by atoms with van der Waals surface area (Å²) in [4.78, 5) is 18.6. The van der Waals surface area contributed by atoms with E-state index in [4.69, 9.17) is 5.41 Å². The van der Waals surface area contributed by atoms with E-state index in [1.807, 2.05) is 17.2 Å². The van der Waals surface area contributed by atoms with Crippen LogP contribution >= 0.6 is 11.3 Å². The Morgan fingerprint density at radius 3 is 2.86 bits per heavy atom. The van der Waals surface area contributed by atoms with Crippen LogP contribution < -0.4 is 0 Å². The van der Waals surface area contributed by atoms with Crippen molar-refractivity contribution in [2.75, 3.05) is 13.1 Å². The Bertz CT molecular complexity index is 511. The first kappa shape index (κ1) is 16.1. The lowest BCUT2D eigenvalue weighted by Gasteiger charge is -2.24. The average molecular weight is 307 g/mol. The quantitative estimate of drug-likeness (QED) is 0.837. The molecule has 2 rings (SSSR count). The zero-order valence-electron chi connectivity index (χ0n) is 13.2. The molecule has 2 heterocycles. The molecule has 1 fully saturated rings. The highest BCUT2D eigenvalue weighted by atomic mass is 32.1. The maximum atomic E-state index is 12.3. The predicted molar refractivity (Wildman–Crippen MR) is 87.2 cm³/mol. The third-order valence-corrected chi connectivity index (χ3v) is 5.22. The van der Waals surface area contributed by atoms with Crippen molar-refractivity contribution in [1.82, 2.24) is 9.88 Å². The van der Waals surface area contributed by atoms with Gasteiger partial charge in [-0.1, -0.05) is 33.1 Å². The lowest BCUT2D eigenvalue weighted by molar-refractivity contribution is -0.117. The molecular weight excluding hydrogens is 282 g/mol. The Morgan fingerprint density at radius 2 is 2.29 bits per heavy atom. The molecule has 0 saturated carbocycles. The van der Waals surface area contributed by atoms with E-state index in [0.29, 0.717) is 18.3 Å². The summed E-state index contributed by atoms with van der Waals surface area (Å²) in [6.07, 6.45) is 4.72. The summed E-state index contributed by atoms with van der Waals surface area (Å²) in [6.45, 7) is 7.55. The number of aryl methyl sites for hydroxylation is 1. The molecule has 1 aromatic heterocycles. The minimum atomic E-state index is -0.424. The first-order valence-corrected chi connectivity index (χ1v) is 8.72. The molecule has 0 bridgehead atoms. The number of nitrogens with one attached hydrogen (secondary N) is 1.